The van der Waals surface area contributed by atoms with E-state index in [1.54, 1.807) is 0 Å². The fourth-order valence-electron chi connectivity index (χ4n) is 2.73. The van der Waals surface area contributed by atoms with Crippen molar-refractivity contribution in [2.75, 3.05) is 25.3 Å². The summed E-state index contributed by atoms with van der Waals surface area (Å²) < 4.78 is 43.8. The molecule has 2 aromatic carbocycles. The second-order valence-corrected chi connectivity index (χ2v) is 6.64. The summed E-state index contributed by atoms with van der Waals surface area (Å²) >= 11 is 6.26. The minimum atomic E-state index is -1.29. The first kappa shape index (κ1) is 25.7. The minimum absolute atomic E-state index is 0. The number of carbonyl (C=O) groups is 1. The number of hydrogen-bond acceptors (Lipinski definition) is 8. The molecular weight excluding hydrogens is 485 g/mol. The minimum Gasteiger partial charge on any atom is -0.496 e. The van der Waals surface area contributed by atoms with Crippen LogP contribution in [0, 0.1) is 11.6 Å². The van der Waals surface area contributed by atoms with Crippen molar-refractivity contribution in [2.24, 2.45) is 0 Å². The number of nitrogen functional groups attached to an aromatic ring is 1. The van der Waals surface area contributed by atoms with Gasteiger partial charge in [0, 0.05) is 18.3 Å². The monoisotopic (exact) mass is 502 g/mol. The van der Waals surface area contributed by atoms with Gasteiger partial charge < -0.3 is 30.4 Å². The molecule has 3 aromatic rings. The summed E-state index contributed by atoms with van der Waals surface area (Å²) in [5, 5.41) is 12.2. The largest absolute Gasteiger partial charge is 0.496 e. The smallest absolute Gasteiger partial charge is 0.341 e. The van der Waals surface area contributed by atoms with E-state index in [1.165, 1.54) is 32.4 Å². The molecule has 176 valence electrons. The second kappa shape index (κ2) is 10.8. The lowest BCUT2D eigenvalue weighted by atomic mass is 10.2. The molecular formula is C20H18Cl2F2N4O5. The number of methoxy groups -OCH3 is 2. The average molecular weight is 503 g/mol. The van der Waals surface area contributed by atoms with Crippen LogP contribution in [0.1, 0.15) is 15.9 Å². The Labute approximate surface area is 197 Å². The third-order valence-electron chi connectivity index (χ3n) is 4.29. The number of halogens is 4. The highest BCUT2D eigenvalue weighted by molar-refractivity contribution is 6.33. The molecule has 0 saturated heterocycles. The molecule has 13 heteroatoms. The third-order valence-corrected chi connectivity index (χ3v) is 4.60. The second-order valence-electron chi connectivity index (χ2n) is 6.23. The number of aromatic carboxylic acids is 1. The highest BCUT2D eigenvalue weighted by atomic mass is 35.5. The maximum Gasteiger partial charge on any atom is 0.341 e. The van der Waals surface area contributed by atoms with Gasteiger partial charge in [0.2, 0.25) is 5.95 Å². The number of carboxylic acids is 1. The molecule has 0 aliphatic heterocycles. The van der Waals surface area contributed by atoms with Crippen LogP contribution in [-0.4, -0.2) is 35.3 Å². The van der Waals surface area contributed by atoms with Gasteiger partial charge >= 0.3 is 5.97 Å². The molecule has 0 saturated carbocycles. The Balaban J connectivity index is 0.00000385. The number of aromatic nitrogens is 2. The number of benzene rings is 2. The Morgan fingerprint density at radius 3 is 2.52 bits per heavy atom. The zero-order valence-electron chi connectivity index (χ0n) is 17.2. The summed E-state index contributed by atoms with van der Waals surface area (Å²) in [6, 6.07) is 4.99. The molecule has 0 spiro atoms. The SMILES string of the molecule is COc1cc(Cl)c(Nc2nc(N)ncc2C(=O)O)cc1OCc1c(OC)ccc(F)c1F.Cl. The first-order valence-corrected chi connectivity index (χ1v) is 9.27. The lowest BCUT2D eigenvalue weighted by Gasteiger charge is -2.16. The van der Waals surface area contributed by atoms with E-state index in [4.69, 9.17) is 31.5 Å². The lowest BCUT2D eigenvalue weighted by Crippen LogP contribution is -2.09. The van der Waals surface area contributed by atoms with Crippen molar-refractivity contribution in [2.45, 2.75) is 6.61 Å². The maximum absolute atomic E-state index is 14.2. The molecule has 4 N–H and O–H groups in total. The molecule has 0 bridgehead atoms. The Hall–Kier alpha value is -3.57. The molecule has 3 rings (SSSR count). The number of nitrogens with zero attached hydrogens (tertiary/aromatic N) is 2. The van der Waals surface area contributed by atoms with E-state index in [2.05, 4.69) is 15.3 Å². The molecule has 33 heavy (non-hydrogen) atoms. The summed E-state index contributed by atoms with van der Waals surface area (Å²) in [6.45, 7) is -0.398. The third kappa shape index (κ3) is 5.62. The van der Waals surface area contributed by atoms with Crippen LogP contribution >= 0.6 is 24.0 Å². The number of nitrogens with one attached hydrogen (secondary N) is 1. The van der Waals surface area contributed by atoms with Gasteiger partial charge in [-0.2, -0.15) is 4.98 Å². The summed E-state index contributed by atoms with van der Waals surface area (Å²) in [5.74, 6) is -3.34. The van der Waals surface area contributed by atoms with Gasteiger partial charge in [-0.25, -0.2) is 18.6 Å². The molecule has 0 aliphatic carbocycles. The van der Waals surface area contributed by atoms with E-state index in [9.17, 15) is 18.7 Å². The molecule has 0 atom stereocenters. The summed E-state index contributed by atoms with van der Waals surface area (Å²) in [4.78, 5) is 19.0. The molecule has 0 radical (unpaired) electrons. The van der Waals surface area contributed by atoms with Crippen molar-refractivity contribution in [1.82, 2.24) is 9.97 Å². The van der Waals surface area contributed by atoms with E-state index in [1.807, 2.05) is 0 Å². The zero-order valence-corrected chi connectivity index (χ0v) is 18.8. The molecule has 1 aromatic heterocycles. The Kier molecular flexibility index (Phi) is 8.44. The van der Waals surface area contributed by atoms with Crippen LogP contribution < -0.4 is 25.3 Å². The van der Waals surface area contributed by atoms with E-state index in [0.29, 0.717) is 0 Å². The van der Waals surface area contributed by atoms with Gasteiger partial charge in [-0.05, 0) is 12.1 Å². The van der Waals surface area contributed by atoms with Gasteiger partial charge in [-0.3, -0.25) is 0 Å². The zero-order chi connectivity index (χ0) is 23.4. The van der Waals surface area contributed by atoms with Gasteiger partial charge in [-0.15, -0.1) is 12.4 Å². The van der Waals surface area contributed by atoms with E-state index >= 15 is 0 Å². The summed E-state index contributed by atoms with van der Waals surface area (Å²) in [5.41, 5.74) is 5.35. The topological polar surface area (TPSA) is 129 Å². The van der Waals surface area contributed by atoms with Crippen LogP contribution in [-0.2, 0) is 6.61 Å². The highest BCUT2D eigenvalue weighted by Gasteiger charge is 2.19. The van der Waals surface area contributed by atoms with Gasteiger partial charge in [-0.1, -0.05) is 11.6 Å². The molecule has 0 amide bonds. The average Bonchev–Trinajstić information content (AvgIpc) is 2.76. The summed E-state index contributed by atoms with van der Waals surface area (Å²) in [7, 11) is 2.68. The fraction of sp³-hybridized carbons (Fsp3) is 0.150. The van der Waals surface area contributed by atoms with Gasteiger partial charge in [0.25, 0.3) is 0 Å². The molecule has 1 heterocycles. The van der Waals surface area contributed by atoms with E-state index < -0.39 is 24.2 Å². The van der Waals surface area contributed by atoms with Crippen molar-refractivity contribution in [1.29, 1.82) is 0 Å². The number of anilines is 3. The number of hydrogen-bond donors (Lipinski definition) is 3. The maximum atomic E-state index is 14.2. The van der Waals surface area contributed by atoms with Crippen molar-refractivity contribution in [3.8, 4) is 17.2 Å². The van der Waals surface area contributed by atoms with Crippen molar-refractivity contribution < 1.29 is 32.9 Å². The predicted molar refractivity (Wildman–Crippen MR) is 119 cm³/mol. The Morgan fingerprint density at radius 1 is 1.18 bits per heavy atom. The summed E-state index contributed by atoms with van der Waals surface area (Å²) in [6.07, 6.45) is 1.04. The first-order valence-electron chi connectivity index (χ1n) is 8.89. The van der Waals surface area contributed by atoms with Crippen LogP contribution in [0.4, 0.5) is 26.2 Å². The number of nitrogens with two attached hydrogens (primary N) is 1. The predicted octanol–water partition coefficient (Wildman–Crippen LogP) is 4.45. The van der Waals surface area contributed by atoms with Crippen molar-refractivity contribution >= 4 is 47.4 Å². The Bertz CT molecular complexity index is 1180. The Morgan fingerprint density at radius 2 is 1.88 bits per heavy atom. The van der Waals surface area contributed by atoms with Crippen LogP contribution in [0.5, 0.6) is 17.2 Å². The quantitative estimate of drug-likeness (QED) is 0.408. The molecule has 0 aliphatic rings. The van der Waals surface area contributed by atoms with Crippen molar-refractivity contribution in [3.05, 3.63) is 58.2 Å². The molecule has 0 unspecified atom stereocenters. The normalized spacial score (nSPS) is 10.2. The molecule has 0 fully saturated rings. The number of rotatable bonds is 8. The molecule has 9 nitrogen and oxygen atoms in total. The number of ether oxygens (including phenoxy) is 3. The van der Waals surface area contributed by atoms with Gasteiger partial charge in [0.15, 0.2) is 29.0 Å². The van der Waals surface area contributed by atoms with Crippen LogP contribution in [0.3, 0.4) is 0 Å². The van der Waals surface area contributed by atoms with Gasteiger partial charge in [0.1, 0.15) is 17.9 Å². The van der Waals surface area contributed by atoms with E-state index in [-0.39, 0.29) is 63.3 Å². The van der Waals surface area contributed by atoms with Crippen molar-refractivity contribution in [3.63, 3.8) is 0 Å². The van der Waals surface area contributed by atoms with E-state index in [0.717, 1.165) is 12.3 Å². The highest BCUT2D eigenvalue weighted by Crippen LogP contribution is 2.38. The van der Waals surface area contributed by atoms with Crippen LogP contribution in [0.2, 0.25) is 5.02 Å². The van der Waals surface area contributed by atoms with Crippen LogP contribution in [0.25, 0.3) is 0 Å². The lowest BCUT2D eigenvalue weighted by molar-refractivity contribution is 0.0697. The van der Waals surface area contributed by atoms with Gasteiger partial charge in [0.05, 0.1) is 30.5 Å². The fourth-order valence-corrected chi connectivity index (χ4v) is 2.93. The standard InChI is InChI=1S/C20H17ClF2N4O5.ClH/c1-30-14-4-3-12(22)17(23)10(14)8-32-16-6-13(11(21)5-15(16)31-2)26-18-9(19(28)29)7-25-20(24)27-18;/h3-7H,8H2,1-2H3,(H,28,29)(H3,24,25,26,27);1H. The first-order chi connectivity index (χ1) is 15.2. The number of carboxylic acid groups (broad SMARTS) is 1. The van der Waals surface area contributed by atoms with Crippen LogP contribution in [0.15, 0.2) is 30.5 Å².